The van der Waals surface area contributed by atoms with E-state index < -0.39 is 0 Å². The molecule has 0 aliphatic heterocycles. The number of H-pyrrole nitrogens is 1. The van der Waals surface area contributed by atoms with Gasteiger partial charge in [0, 0.05) is 11.8 Å². The second-order valence-electron chi connectivity index (χ2n) is 3.47. The average Bonchev–Trinajstić information content (AvgIpc) is 2.31. The Morgan fingerprint density at radius 1 is 1.20 bits per heavy atom. The van der Waals surface area contributed by atoms with E-state index in [1.54, 1.807) is 6.20 Å². The third-order valence-electron chi connectivity index (χ3n) is 2.46. The molecule has 1 aromatic carbocycles. The number of aryl methyl sites for hydroxylation is 1. The predicted molar refractivity (Wildman–Crippen MR) is 61.9 cm³/mol. The molecule has 0 saturated carbocycles. The largest absolute Gasteiger partial charge is 0.328 e. The topological polar surface area (TPSA) is 32.9 Å². The SMILES string of the molecule is CCc1c[nH]c(=O)c(-c2ccccc2)c1. The van der Waals surface area contributed by atoms with Crippen LogP contribution in [0.3, 0.4) is 0 Å². The van der Waals surface area contributed by atoms with Gasteiger partial charge in [0.15, 0.2) is 0 Å². The Bertz CT molecular complexity index is 499. The summed E-state index contributed by atoms with van der Waals surface area (Å²) >= 11 is 0. The molecule has 0 saturated heterocycles. The van der Waals surface area contributed by atoms with E-state index in [-0.39, 0.29) is 5.56 Å². The van der Waals surface area contributed by atoms with Crippen molar-refractivity contribution in [2.24, 2.45) is 0 Å². The molecular formula is C13H13NO. The Morgan fingerprint density at radius 2 is 1.93 bits per heavy atom. The third-order valence-corrected chi connectivity index (χ3v) is 2.46. The van der Waals surface area contributed by atoms with Gasteiger partial charge < -0.3 is 4.98 Å². The lowest BCUT2D eigenvalue weighted by Crippen LogP contribution is -2.08. The summed E-state index contributed by atoms with van der Waals surface area (Å²) in [6.45, 7) is 2.07. The molecule has 1 heterocycles. The maximum absolute atomic E-state index is 11.6. The highest BCUT2D eigenvalue weighted by Crippen LogP contribution is 2.15. The standard InChI is InChI=1S/C13H13NO/c1-2-10-8-12(13(15)14-9-10)11-6-4-3-5-7-11/h3-9H,2H2,1H3,(H,14,15). The number of nitrogens with one attached hydrogen (secondary N) is 1. The van der Waals surface area contributed by atoms with E-state index in [0.717, 1.165) is 23.1 Å². The van der Waals surface area contributed by atoms with Crippen molar-refractivity contribution in [1.82, 2.24) is 4.98 Å². The summed E-state index contributed by atoms with van der Waals surface area (Å²) in [5.41, 5.74) is 2.83. The van der Waals surface area contributed by atoms with Gasteiger partial charge in [-0.2, -0.15) is 0 Å². The van der Waals surface area contributed by atoms with Crippen LogP contribution in [-0.4, -0.2) is 4.98 Å². The molecule has 1 N–H and O–H groups in total. The Kier molecular flexibility index (Phi) is 2.68. The lowest BCUT2D eigenvalue weighted by Gasteiger charge is -2.02. The Balaban J connectivity index is 2.57. The maximum Gasteiger partial charge on any atom is 0.255 e. The van der Waals surface area contributed by atoms with Gasteiger partial charge in [-0.05, 0) is 23.6 Å². The van der Waals surface area contributed by atoms with Crippen LogP contribution < -0.4 is 5.56 Å². The van der Waals surface area contributed by atoms with Gasteiger partial charge in [-0.3, -0.25) is 4.79 Å². The number of benzene rings is 1. The van der Waals surface area contributed by atoms with Gasteiger partial charge >= 0.3 is 0 Å². The fraction of sp³-hybridized carbons (Fsp3) is 0.154. The number of pyridine rings is 1. The fourth-order valence-corrected chi connectivity index (χ4v) is 1.56. The van der Waals surface area contributed by atoms with Crippen LogP contribution in [0.5, 0.6) is 0 Å². The molecular weight excluding hydrogens is 186 g/mol. The van der Waals surface area contributed by atoms with Crippen molar-refractivity contribution in [3.63, 3.8) is 0 Å². The highest BCUT2D eigenvalue weighted by molar-refractivity contribution is 5.62. The summed E-state index contributed by atoms with van der Waals surface area (Å²) in [6.07, 6.45) is 2.70. The molecule has 0 unspecified atom stereocenters. The van der Waals surface area contributed by atoms with E-state index in [2.05, 4.69) is 11.9 Å². The first-order valence-corrected chi connectivity index (χ1v) is 5.08. The normalized spacial score (nSPS) is 10.2. The van der Waals surface area contributed by atoms with Crippen LogP contribution in [-0.2, 0) is 6.42 Å². The summed E-state index contributed by atoms with van der Waals surface area (Å²) in [4.78, 5) is 14.4. The zero-order chi connectivity index (χ0) is 10.7. The number of hydrogen-bond donors (Lipinski definition) is 1. The van der Waals surface area contributed by atoms with E-state index in [1.807, 2.05) is 36.4 Å². The van der Waals surface area contributed by atoms with Crippen molar-refractivity contribution in [3.8, 4) is 11.1 Å². The minimum absolute atomic E-state index is 0.0293. The molecule has 0 aliphatic carbocycles. The van der Waals surface area contributed by atoms with Gasteiger partial charge in [0.25, 0.3) is 5.56 Å². The second kappa shape index (κ2) is 4.13. The van der Waals surface area contributed by atoms with Gasteiger partial charge in [0.1, 0.15) is 0 Å². The zero-order valence-corrected chi connectivity index (χ0v) is 8.66. The molecule has 2 heteroatoms. The van der Waals surface area contributed by atoms with Crippen LogP contribution in [0.4, 0.5) is 0 Å². The van der Waals surface area contributed by atoms with Gasteiger partial charge in [-0.15, -0.1) is 0 Å². The lowest BCUT2D eigenvalue weighted by molar-refractivity contribution is 1.09. The first kappa shape index (κ1) is 9.71. The summed E-state index contributed by atoms with van der Waals surface area (Å²) in [7, 11) is 0. The first-order valence-electron chi connectivity index (χ1n) is 5.08. The number of aromatic amines is 1. The molecule has 0 amide bonds. The van der Waals surface area contributed by atoms with Crippen LogP contribution in [0, 0.1) is 0 Å². The minimum Gasteiger partial charge on any atom is -0.328 e. The molecule has 0 spiro atoms. The zero-order valence-electron chi connectivity index (χ0n) is 8.66. The fourth-order valence-electron chi connectivity index (χ4n) is 1.56. The summed E-state index contributed by atoms with van der Waals surface area (Å²) < 4.78 is 0. The average molecular weight is 199 g/mol. The number of aromatic nitrogens is 1. The Labute approximate surface area is 88.6 Å². The van der Waals surface area contributed by atoms with E-state index in [4.69, 9.17) is 0 Å². The van der Waals surface area contributed by atoms with Crippen LogP contribution in [0.2, 0.25) is 0 Å². The summed E-state index contributed by atoms with van der Waals surface area (Å²) in [5.74, 6) is 0. The molecule has 0 radical (unpaired) electrons. The van der Waals surface area contributed by atoms with Crippen molar-refractivity contribution < 1.29 is 0 Å². The van der Waals surface area contributed by atoms with Crippen LogP contribution >= 0.6 is 0 Å². The summed E-state index contributed by atoms with van der Waals surface area (Å²) in [6, 6.07) is 11.7. The highest BCUT2D eigenvalue weighted by atomic mass is 16.1. The molecule has 2 rings (SSSR count). The minimum atomic E-state index is -0.0293. The van der Waals surface area contributed by atoms with Gasteiger partial charge in [0.05, 0.1) is 0 Å². The van der Waals surface area contributed by atoms with E-state index in [9.17, 15) is 4.79 Å². The third kappa shape index (κ3) is 1.99. The van der Waals surface area contributed by atoms with Gasteiger partial charge in [-0.25, -0.2) is 0 Å². The smallest absolute Gasteiger partial charge is 0.255 e. The molecule has 2 aromatic rings. The predicted octanol–water partition coefficient (Wildman–Crippen LogP) is 2.60. The molecule has 15 heavy (non-hydrogen) atoms. The van der Waals surface area contributed by atoms with Crippen LogP contribution in [0.25, 0.3) is 11.1 Å². The molecule has 76 valence electrons. The van der Waals surface area contributed by atoms with Gasteiger partial charge in [0.2, 0.25) is 0 Å². The Morgan fingerprint density at radius 3 is 2.60 bits per heavy atom. The molecule has 2 nitrogen and oxygen atoms in total. The van der Waals surface area contributed by atoms with E-state index >= 15 is 0 Å². The van der Waals surface area contributed by atoms with Crippen molar-refractivity contribution in [2.75, 3.05) is 0 Å². The van der Waals surface area contributed by atoms with E-state index in [1.165, 1.54) is 0 Å². The molecule has 0 bridgehead atoms. The molecule has 0 fully saturated rings. The van der Waals surface area contributed by atoms with Crippen LogP contribution in [0.1, 0.15) is 12.5 Å². The lowest BCUT2D eigenvalue weighted by atomic mass is 10.1. The number of rotatable bonds is 2. The van der Waals surface area contributed by atoms with Crippen molar-refractivity contribution in [2.45, 2.75) is 13.3 Å². The maximum atomic E-state index is 11.6. The molecule has 0 aliphatic rings. The monoisotopic (exact) mass is 199 g/mol. The highest BCUT2D eigenvalue weighted by Gasteiger charge is 2.02. The van der Waals surface area contributed by atoms with Crippen molar-refractivity contribution in [3.05, 3.63) is 58.5 Å². The van der Waals surface area contributed by atoms with Crippen molar-refractivity contribution >= 4 is 0 Å². The van der Waals surface area contributed by atoms with E-state index in [0.29, 0.717) is 0 Å². The van der Waals surface area contributed by atoms with Gasteiger partial charge in [-0.1, -0.05) is 37.3 Å². The second-order valence-corrected chi connectivity index (χ2v) is 3.47. The number of hydrogen-bond acceptors (Lipinski definition) is 1. The molecule has 1 aromatic heterocycles. The molecule has 0 atom stereocenters. The first-order chi connectivity index (χ1) is 7.31. The Hall–Kier alpha value is -1.83. The quantitative estimate of drug-likeness (QED) is 0.792. The summed E-state index contributed by atoms with van der Waals surface area (Å²) in [5, 5.41) is 0. The van der Waals surface area contributed by atoms with Crippen molar-refractivity contribution in [1.29, 1.82) is 0 Å². The van der Waals surface area contributed by atoms with Crippen LogP contribution in [0.15, 0.2) is 47.4 Å².